The van der Waals surface area contributed by atoms with E-state index in [0.29, 0.717) is 23.0 Å². The van der Waals surface area contributed by atoms with Gasteiger partial charge in [0.25, 0.3) is 0 Å². The molecule has 0 spiro atoms. The SMILES string of the molecule is CCC(C)(C)C(CCN(C)O)N(C)C(=O)NC(C)c1cccc(Cl)c1Cl. The van der Waals surface area contributed by atoms with Crippen LogP contribution in [0.5, 0.6) is 0 Å². The van der Waals surface area contributed by atoms with Crippen LogP contribution in [-0.4, -0.2) is 47.9 Å². The van der Waals surface area contributed by atoms with Crippen LogP contribution in [-0.2, 0) is 0 Å². The van der Waals surface area contributed by atoms with Gasteiger partial charge in [0.2, 0.25) is 0 Å². The predicted octanol–water partition coefficient (Wildman–Crippen LogP) is 5.21. The van der Waals surface area contributed by atoms with Crippen molar-refractivity contribution in [2.75, 3.05) is 20.6 Å². The van der Waals surface area contributed by atoms with Crippen molar-refractivity contribution in [2.45, 2.75) is 52.6 Å². The highest BCUT2D eigenvalue weighted by Crippen LogP contribution is 2.32. The highest BCUT2D eigenvalue weighted by Gasteiger charge is 2.34. The van der Waals surface area contributed by atoms with Crippen molar-refractivity contribution < 1.29 is 10.0 Å². The molecular weight excluding hydrogens is 373 g/mol. The van der Waals surface area contributed by atoms with Crippen LogP contribution in [0.4, 0.5) is 4.79 Å². The summed E-state index contributed by atoms with van der Waals surface area (Å²) < 4.78 is 0. The van der Waals surface area contributed by atoms with Gasteiger partial charge in [-0.3, -0.25) is 0 Å². The summed E-state index contributed by atoms with van der Waals surface area (Å²) in [5.74, 6) is 0. The van der Waals surface area contributed by atoms with E-state index in [9.17, 15) is 10.0 Å². The molecule has 0 bridgehead atoms. The molecule has 0 aliphatic rings. The van der Waals surface area contributed by atoms with Crippen LogP contribution in [0.15, 0.2) is 18.2 Å². The third-order valence-corrected chi connectivity index (χ3v) is 5.95. The molecule has 0 aromatic heterocycles. The molecule has 148 valence electrons. The van der Waals surface area contributed by atoms with Crippen molar-refractivity contribution in [2.24, 2.45) is 5.41 Å². The van der Waals surface area contributed by atoms with E-state index in [-0.39, 0.29) is 23.5 Å². The molecule has 26 heavy (non-hydrogen) atoms. The first-order chi connectivity index (χ1) is 12.0. The highest BCUT2D eigenvalue weighted by molar-refractivity contribution is 6.42. The van der Waals surface area contributed by atoms with Crippen molar-refractivity contribution >= 4 is 29.2 Å². The molecule has 0 aliphatic heterocycles. The molecule has 0 fully saturated rings. The molecule has 2 amide bonds. The van der Waals surface area contributed by atoms with Crippen LogP contribution >= 0.6 is 23.2 Å². The third kappa shape index (κ3) is 6.02. The van der Waals surface area contributed by atoms with Crippen LogP contribution in [0.2, 0.25) is 10.0 Å². The Balaban J connectivity index is 2.92. The fraction of sp³-hybridized carbons (Fsp3) is 0.632. The van der Waals surface area contributed by atoms with Crippen LogP contribution in [0.1, 0.15) is 52.1 Å². The minimum atomic E-state index is -0.276. The van der Waals surface area contributed by atoms with E-state index in [1.54, 1.807) is 25.1 Å². The molecule has 0 aliphatic carbocycles. The minimum absolute atomic E-state index is 0.0240. The van der Waals surface area contributed by atoms with Crippen LogP contribution in [0.3, 0.4) is 0 Å². The number of urea groups is 1. The second-order valence-corrected chi connectivity index (χ2v) is 8.24. The molecule has 0 saturated heterocycles. The van der Waals surface area contributed by atoms with Crippen molar-refractivity contribution in [3.8, 4) is 0 Å². The van der Waals surface area contributed by atoms with Crippen LogP contribution in [0.25, 0.3) is 0 Å². The van der Waals surface area contributed by atoms with Crippen LogP contribution in [0, 0.1) is 5.41 Å². The summed E-state index contributed by atoms with van der Waals surface area (Å²) in [6.45, 7) is 8.74. The average molecular weight is 404 g/mol. The number of carbonyl (C=O) groups is 1. The zero-order chi connectivity index (χ0) is 20.1. The highest BCUT2D eigenvalue weighted by atomic mass is 35.5. The fourth-order valence-corrected chi connectivity index (χ4v) is 3.49. The topological polar surface area (TPSA) is 55.8 Å². The van der Waals surface area contributed by atoms with Gasteiger partial charge >= 0.3 is 6.03 Å². The number of hydrogen-bond acceptors (Lipinski definition) is 3. The Bertz CT molecular complexity index is 608. The molecule has 2 N–H and O–H groups in total. The normalized spacial score (nSPS) is 14.2. The Kier molecular flexibility index (Phi) is 8.67. The Morgan fingerprint density at radius 1 is 1.31 bits per heavy atom. The zero-order valence-corrected chi connectivity index (χ0v) is 18.0. The maximum absolute atomic E-state index is 12.8. The monoisotopic (exact) mass is 403 g/mol. The van der Waals surface area contributed by atoms with Crippen molar-refractivity contribution in [1.29, 1.82) is 0 Å². The molecule has 0 radical (unpaired) electrons. The maximum Gasteiger partial charge on any atom is 0.317 e. The number of amides is 2. The van der Waals surface area contributed by atoms with Crippen molar-refractivity contribution in [3.63, 3.8) is 0 Å². The van der Waals surface area contributed by atoms with E-state index < -0.39 is 0 Å². The summed E-state index contributed by atoms with van der Waals surface area (Å²) in [5, 5.41) is 14.6. The summed E-state index contributed by atoms with van der Waals surface area (Å²) >= 11 is 12.3. The molecule has 1 rings (SSSR count). The summed E-state index contributed by atoms with van der Waals surface area (Å²) in [4.78, 5) is 14.6. The van der Waals surface area contributed by atoms with Gasteiger partial charge in [0.05, 0.1) is 16.1 Å². The minimum Gasteiger partial charge on any atom is -0.331 e. The molecule has 7 heteroatoms. The summed E-state index contributed by atoms with van der Waals surface area (Å²) in [5.41, 5.74) is 0.696. The van der Waals surface area contributed by atoms with E-state index in [4.69, 9.17) is 23.2 Å². The molecule has 5 nitrogen and oxygen atoms in total. The Hall–Kier alpha value is -1.01. The molecule has 2 unspecified atom stereocenters. The fourth-order valence-electron chi connectivity index (χ4n) is 3.01. The molecule has 2 atom stereocenters. The van der Waals surface area contributed by atoms with Gasteiger partial charge in [-0.15, -0.1) is 0 Å². The number of benzene rings is 1. The van der Waals surface area contributed by atoms with E-state index in [0.717, 1.165) is 17.0 Å². The van der Waals surface area contributed by atoms with E-state index in [1.165, 1.54) is 0 Å². The second kappa shape index (κ2) is 9.79. The van der Waals surface area contributed by atoms with Gasteiger partial charge in [-0.1, -0.05) is 56.1 Å². The number of carbonyl (C=O) groups excluding carboxylic acids is 1. The molecule has 0 saturated carbocycles. The van der Waals surface area contributed by atoms with Gasteiger partial charge in [0.15, 0.2) is 0 Å². The summed E-state index contributed by atoms with van der Waals surface area (Å²) in [6.07, 6.45) is 1.59. The Morgan fingerprint density at radius 2 is 1.92 bits per heavy atom. The number of nitrogens with one attached hydrogen (secondary N) is 1. The number of nitrogens with zero attached hydrogens (tertiary/aromatic N) is 2. The average Bonchev–Trinajstić information content (AvgIpc) is 2.56. The third-order valence-electron chi connectivity index (χ3n) is 5.12. The van der Waals surface area contributed by atoms with E-state index >= 15 is 0 Å². The lowest BCUT2D eigenvalue weighted by Crippen LogP contribution is -2.51. The van der Waals surface area contributed by atoms with Crippen molar-refractivity contribution in [1.82, 2.24) is 15.3 Å². The predicted molar refractivity (Wildman–Crippen MR) is 108 cm³/mol. The smallest absolute Gasteiger partial charge is 0.317 e. The maximum atomic E-state index is 12.8. The van der Waals surface area contributed by atoms with Crippen molar-refractivity contribution in [3.05, 3.63) is 33.8 Å². The largest absolute Gasteiger partial charge is 0.331 e. The van der Waals surface area contributed by atoms with E-state index in [1.807, 2.05) is 19.1 Å². The first kappa shape index (κ1) is 23.0. The molecule has 1 aromatic carbocycles. The van der Waals surface area contributed by atoms with Gasteiger partial charge in [0.1, 0.15) is 0 Å². The lowest BCUT2D eigenvalue weighted by atomic mass is 9.79. The molecule has 0 heterocycles. The van der Waals surface area contributed by atoms with Gasteiger partial charge in [-0.25, -0.2) is 4.79 Å². The first-order valence-corrected chi connectivity index (χ1v) is 9.64. The molecule has 1 aromatic rings. The second-order valence-electron chi connectivity index (χ2n) is 7.45. The first-order valence-electron chi connectivity index (χ1n) is 8.88. The van der Waals surface area contributed by atoms with Gasteiger partial charge in [-0.05, 0) is 36.8 Å². The summed E-state index contributed by atoms with van der Waals surface area (Å²) in [6, 6.07) is 4.91. The summed E-state index contributed by atoms with van der Waals surface area (Å²) in [7, 11) is 3.40. The lowest BCUT2D eigenvalue weighted by Gasteiger charge is -2.40. The van der Waals surface area contributed by atoms with Gasteiger partial charge in [0, 0.05) is 26.7 Å². The Labute approximate surface area is 167 Å². The van der Waals surface area contributed by atoms with E-state index in [2.05, 4.69) is 26.1 Å². The number of halogens is 2. The van der Waals surface area contributed by atoms with Crippen LogP contribution < -0.4 is 5.32 Å². The molecular formula is C19H31Cl2N3O2. The van der Waals surface area contributed by atoms with Gasteiger partial charge in [-0.2, -0.15) is 5.06 Å². The lowest BCUT2D eigenvalue weighted by molar-refractivity contribution is -0.0721. The zero-order valence-electron chi connectivity index (χ0n) is 16.5. The number of hydroxylamine groups is 2. The quantitative estimate of drug-likeness (QED) is 0.585. The standard InChI is InChI=1S/C19H31Cl2N3O2/c1-7-19(3,4)16(11-12-23(5)26)24(6)18(25)22-13(2)14-9-8-10-15(20)17(14)21/h8-10,13,16,26H,7,11-12H2,1-6H3,(H,22,25). The Morgan fingerprint density at radius 3 is 2.46 bits per heavy atom. The number of hydrogen-bond donors (Lipinski definition) is 2. The number of rotatable bonds is 8. The van der Waals surface area contributed by atoms with Gasteiger partial charge < -0.3 is 15.4 Å².